The molecule has 102 valence electrons. The predicted molar refractivity (Wildman–Crippen MR) is 84.1 cm³/mol. The first-order chi connectivity index (χ1) is 9.51. The number of nitrogens with one attached hydrogen (secondary N) is 1. The Morgan fingerprint density at radius 1 is 1.15 bits per heavy atom. The normalized spacial score (nSPS) is 11.8. The predicted octanol–water partition coefficient (Wildman–Crippen LogP) is 5.00. The Labute approximate surface area is 125 Å². The Bertz CT molecular complexity index is 671. The highest BCUT2D eigenvalue weighted by atomic mass is 35.5. The number of hydrogen-bond donors (Lipinski definition) is 1. The van der Waals surface area contributed by atoms with Gasteiger partial charge in [0.25, 0.3) is 0 Å². The van der Waals surface area contributed by atoms with Gasteiger partial charge in [0.1, 0.15) is 6.07 Å². The summed E-state index contributed by atoms with van der Waals surface area (Å²) in [6, 6.07) is 14.1. The maximum absolute atomic E-state index is 8.88. The first-order valence-electron chi connectivity index (χ1n) is 6.54. The highest BCUT2D eigenvalue weighted by molar-refractivity contribution is 6.32. The molecule has 0 saturated heterocycles. The average Bonchev–Trinajstić information content (AvgIpc) is 2.41. The van der Waals surface area contributed by atoms with E-state index in [1.165, 1.54) is 16.7 Å². The molecule has 1 atom stereocenters. The molecule has 3 heteroatoms. The molecule has 0 heterocycles. The number of halogens is 1. The van der Waals surface area contributed by atoms with Crippen LogP contribution in [-0.4, -0.2) is 0 Å². The van der Waals surface area contributed by atoms with E-state index in [4.69, 9.17) is 16.9 Å². The number of rotatable bonds is 3. The van der Waals surface area contributed by atoms with Gasteiger partial charge in [-0.3, -0.25) is 0 Å². The second kappa shape index (κ2) is 5.98. The van der Waals surface area contributed by atoms with Gasteiger partial charge in [-0.05, 0) is 50.1 Å². The molecule has 1 N–H and O–H groups in total. The zero-order valence-corrected chi connectivity index (χ0v) is 12.6. The second-order valence-corrected chi connectivity index (χ2v) is 5.44. The van der Waals surface area contributed by atoms with Gasteiger partial charge in [0.15, 0.2) is 0 Å². The SMILES string of the molecule is Cc1ccc(C)c(C(C)Nc2ccc(C#N)c(Cl)c2)c1. The van der Waals surface area contributed by atoms with Gasteiger partial charge in [-0.15, -0.1) is 0 Å². The smallest absolute Gasteiger partial charge is 0.101 e. The summed E-state index contributed by atoms with van der Waals surface area (Å²) in [5.74, 6) is 0. The number of anilines is 1. The lowest BCUT2D eigenvalue weighted by molar-refractivity contribution is 0.872. The Morgan fingerprint density at radius 3 is 2.55 bits per heavy atom. The Balaban J connectivity index is 2.23. The number of nitrogens with zero attached hydrogens (tertiary/aromatic N) is 1. The van der Waals surface area contributed by atoms with E-state index in [1.54, 1.807) is 12.1 Å². The molecule has 2 nitrogen and oxygen atoms in total. The second-order valence-electron chi connectivity index (χ2n) is 5.03. The molecule has 0 bridgehead atoms. The first kappa shape index (κ1) is 14.4. The van der Waals surface area contributed by atoms with Gasteiger partial charge >= 0.3 is 0 Å². The Morgan fingerprint density at radius 2 is 1.90 bits per heavy atom. The Kier molecular flexibility index (Phi) is 4.32. The van der Waals surface area contributed by atoms with E-state index in [-0.39, 0.29) is 6.04 Å². The molecular weight excluding hydrogens is 268 g/mol. The highest BCUT2D eigenvalue weighted by Gasteiger charge is 2.09. The molecule has 20 heavy (non-hydrogen) atoms. The van der Waals surface area contributed by atoms with Crippen molar-refractivity contribution in [3.05, 3.63) is 63.7 Å². The van der Waals surface area contributed by atoms with Gasteiger partial charge in [0.2, 0.25) is 0 Å². The van der Waals surface area contributed by atoms with Crippen molar-refractivity contribution in [2.45, 2.75) is 26.8 Å². The van der Waals surface area contributed by atoms with Crippen molar-refractivity contribution in [2.24, 2.45) is 0 Å². The van der Waals surface area contributed by atoms with E-state index in [0.717, 1.165) is 5.69 Å². The average molecular weight is 285 g/mol. The van der Waals surface area contributed by atoms with E-state index >= 15 is 0 Å². The summed E-state index contributed by atoms with van der Waals surface area (Å²) >= 11 is 6.05. The monoisotopic (exact) mass is 284 g/mol. The zero-order chi connectivity index (χ0) is 14.7. The lowest BCUT2D eigenvalue weighted by Crippen LogP contribution is -2.08. The zero-order valence-electron chi connectivity index (χ0n) is 11.9. The third-order valence-corrected chi connectivity index (χ3v) is 3.69. The van der Waals surface area contributed by atoms with Gasteiger partial charge in [0, 0.05) is 11.7 Å². The molecular formula is C17H17ClN2. The third-order valence-electron chi connectivity index (χ3n) is 3.37. The molecule has 0 fully saturated rings. The van der Waals surface area contributed by atoms with Crippen LogP contribution in [0.1, 0.15) is 35.2 Å². The summed E-state index contributed by atoms with van der Waals surface area (Å²) < 4.78 is 0. The summed E-state index contributed by atoms with van der Waals surface area (Å²) in [4.78, 5) is 0. The molecule has 2 aromatic rings. The van der Waals surface area contributed by atoms with Gasteiger partial charge in [-0.1, -0.05) is 35.4 Å². The van der Waals surface area contributed by atoms with Crippen LogP contribution in [0.4, 0.5) is 5.69 Å². The number of aryl methyl sites for hydroxylation is 2. The molecule has 0 spiro atoms. The van der Waals surface area contributed by atoms with Crippen LogP contribution in [0.3, 0.4) is 0 Å². The van der Waals surface area contributed by atoms with Crippen LogP contribution in [0, 0.1) is 25.2 Å². The molecule has 2 rings (SSSR count). The molecule has 0 aromatic heterocycles. The molecule has 0 amide bonds. The fourth-order valence-corrected chi connectivity index (χ4v) is 2.47. The molecule has 0 saturated carbocycles. The van der Waals surface area contributed by atoms with Crippen LogP contribution in [0.5, 0.6) is 0 Å². The maximum atomic E-state index is 8.88. The lowest BCUT2D eigenvalue weighted by atomic mass is 10.00. The van der Waals surface area contributed by atoms with E-state index < -0.39 is 0 Å². The fraction of sp³-hybridized carbons (Fsp3) is 0.235. The summed E-state index contributed by atoms with van der Waals surface area (Å²) in [7, 11) is 0. The fourth-order valence-electron chi connectivity index (χ4n) is 2.25. The van der Waals surface area contributed by atoms with Gasteiger partial charge in [-0.2, -0.15) is 5.26 Å². The van der Waals surface area contributed by atoms with E-state index in [9.17, 15) is 0 Å². The molecule has 1 unspecified atom stereocenters. The van der Waals surface area contributed by atoms with Crippen LogP contribution < -0.4 is 5.32 Å². The maximum Gasteiger partial charge on any atom is 0.101 e. The van der Waals surface area contributed by atoms with Crippen LogP contribution in [0.15, 0.2) is 36.4 Å². The summed E-state index contributed by atoms with van der Waals surface area (Å²) in [6.07, 6.45) is 0. The highest BCUT2D eigenvalue weighted by Crippen LogP contribution is 2.26. The van der Waals surface area contributed by atoms with Crippen molar-refractivity contribution in [1.82, 2.24) is 0 Å². The molecule has 0 radical (unpaired) electrons. The summed E-state index contributed by atoms with van der Waals surface area (Å²) in [6.45, 7) is 6.32. The molecule has 0 aliphatic heterocycles. The van der Waals surface area contributed by atoms with Crippen molar-refractivity contribution >= 4 is 17.3 Å². The van der Waals surface area contributed by atoms with Gasteiger partial charge < -0.3 is 5.32 Å². The minimum Gasteiger partial charge on any atom is -0.378 e. The van der Waals surface area contributed by atoms with Crippen molar-refractivity contribution in [1.29, 1.82) is 5.26 Å². The van der Waals surface area contributed by atoms with Crippen molar-refractivity contribution in [2.75, 3.05) is 5.32 Å². The van der Waals surface area contributed by atoms with Crippen molar-refractivity contribution < 1.29 is 0 Å². The van der Waals surface area contributed by atoms with Crippen molar-refractivity contribution in [3.8, 4) is 6.07 Å². The van der Waals surface area contributed by atoms with Crippen LogP contribution in [0.25, 0.3) is 0 Å². The third kappa shape index (κ3) is 3.12. The van der Waals surface area contributed by atoms with E-state index in [1.807, 2.05) is 6.07 Å². The van der Waals surface area contributed by atoms with Crippen LogP contribution >= 0.6 is 11.6 Å². The summed E-state index contributed by atoms with van der Waals surface area (Å²) in [5, 5.41) is 12.8. The minimum atomic E-state index is 0.180. The minimum absolute atomic E-state index is 0.180. The van der Waals surface area contributed by atoms with Gasteiger partial charge in [-0.25, -0.2) is 0 Å². The largest absolute Gasteiger partial charge is 0.378 e. The van der Waals surface area contributed by atoms with Gasteiger partial charge in [0.05, 0.1) is 10.6 Å². The van der Waals surface area contributed by atoms with Crippen LogP contribution in [-0.2, 0) is 0 Å². The summed E-state index contributed by atoms with van der Waals surface area (Å²) in [5.41, 5.74) is 5.19. The van der Waals surface area contributed by atoms with E-state index in [2.05, 4.69) is 50.4 Å². The lowest BCUT2D eigenvalue weighted by Gasteiger charge is -2.19. The molecule has 0 aliphatic rings. The topological polar surface area (TPSA) is 35.8 Å². The van der Waals surface area contributed by atoms with Crippen molar-refractivity contribution in [3.63, 3.8) is 0 Å². The number of hydrogen-bond acceptors (Lipinski definition) is 2. The quantitative estimate of drug-likeness (QED) is 0.861. The molecule has 2 aromatic carbocycles. The molecule has 0 aliphatic carbocycles. The van der Waals surface area contributed by atoms with E-state index in [0.29, 0.717) is 10.6 Å². The number of nitriles is 1. The number of benzene rings is 2. The standard InChI is InChI=1S/C17H17ClN2/c1-11-4-5-12(2)16(8-11)13(3)20-15-7-6-14(10-19)17(18)9-15/h4-9,13,20H,1-3H3. The van der Waals surface area contributed by atoms with Crippen LogP contribution in [0.2, 0.25) is 5.02 Å². The first-order valence-corrected chi connectivity index (χ1v) is 6.92. The Hall–Kier alpha value is -1.98.